The first-order valence-corrected chi connectivity index (χ1v) is 5.91. The predicted octanol–water partition coefficient (Wildman–Crippen LogP) is 1.87. The summed E-state index contributed by atoms with van der Waals surface area (Å²) in [5.74, 6) is 0.779. The zero-order valence-corrected chi connectivity index (χ0v) is 10.8. The van der Waals surface area contributed by atoms with Crippen LogP contribution in [0.2, 0.25) is 5.15 Å². The molecule has 2 heterocycles. The highest BCUT2D eigenvalue weighted by molar-refractivity contribution is 6.29. The molecule has 2 aromatic heterocycles. The van der Waals surface area contributed by atoms with Crippen molar-refractivity contribution in [3.05, 3.63) is 39.6 Å². The van der Waals surface area contributed by atoms with Crippen LogP contribution in [0.4, 0.5) is 11.5 Å². The molecule has 19 heavy (non-hydrogen) atoms. The Labute approximate surface area is 113 Å². The van der Waals surface area contributed by atoms with Crippen molar-refractivity contribution in [2.24, 2.45) is 0 Å². The maximum atomic E-state index is 10.9. The molecule has 2 aromatic rings. The topological polar surface area (TPSA) is 98.8 Å². The van der Waals surface area contributed by atoms with Gasteiger partial charge in [-0.25, -0.2) is 4.98 Å². The zero-order valence-electron chi connectivity index (χ0n) is 10.1. The summed E-state index contributed by atoms with van der Waals surface area (Å²) in [5, 5.41) is 21.6. The molecule has 0 aromatic carbocycles. The number of anilines is 1. The second-order valence-electron chi connectivity index (χ2n) is 3.65. The summed E-state index contributed by atoms with van der Waals surface area (Å²) in [7, 11) is 0. The molecule has 0 radical (unpaired) electrons. The Kier molecular flexibility index (Phi) is 3.91. The molecular weight excluding hydrogens is 272 g/mol. The fourth-order valence-electron chi connectivity index (χ4n) is 1.55. The van der Waals surface area contributed by atoms with Crippen LogP contribution in [0, 0.1) is 10.1 Å². The molecule has 2 rings (SSSR count). The van der Waals surface area contributed by atoms with E-state index in [2.05, 4.69) is 20.5 Å². The van der Waals surface area contributed by atoms with Crippen LogP contribution >= 0.6 is 11.6 Å². The first-order chi connectivity index (χ1) is 9.11. The van der Waals surface area contributed by atoms with E-state index in [4.69, 9.17) is 11.6 Å². The smallest absolute Gasteiger partial charge is 0.311 e. The predicted molar refractivity (Wildman–Crippen MR) is 68.9 cm³/mol. The lowest BCUT2D eigenvalue weighted by Gasteiger charge is -2.06. The van der Waals surface area contributed by atoms with E-state index in [9.17, 15) is 10.1 Å². The number of hydrogen-bond donors (Lipinski definition) is 1. The van der Waals surface area contributed by atoms with Gasteiger partial charge in [-0.05, 0) is 13.0 Å². The van der Waals surface area contributed by atoms with Gasteiger partial charge in [0.2, 0.25) is 5.82 Å². The van der Waals surface area contributed by atoms with Crippen LogP contribution in [0.5, 0.6) is 0 Å². The number of pyridine rings is 1. The lowest BCUT2D eigenvalue weighted by molar-refractivity contribution is -0.384. The number of nitrogens with one attached hydrogen (secondary N) is 1. The third-order valence-electron chi connectivity index (χ3n) is 2.49. The standard InChI is InChI=1S/C10H11ClN6O2/c1-2-16-6-13-15-9(16)5-12-10-7(17(18)19)3-4-8(11)14-10/h3-4,6H,2,5H2,1H3,(H,12,14). The summed E-state index contributed by atoms with van der Waals surface area (Å²) in [6.45, 7) is 2.95. The van der Waals surface area contributed by atoms with Gasteiger partial charge >= 0.3 is 5.69 Å². The summed E-state index contributed by atoms with van der Waals surface area (Å²) in [6, 6.07) is 2.68. The summed E-state index contributed by atoms with van der Waals surface area (Å²) >= 11 is 5.73. The number of halogens is 1. The van der Waals surface area contributed by atoms with Crippen LogP contribution < -0.4 is 5.32 Å². The number of aromatic nitrogens is 4. The summed E-state index contributed by atoms with van der Waals surface area (Å²) in [5.41, 5.74) is -0.132. The van der Waals surface area contributed by atoms with E-state index in [0.717, 1.165) is 6.54 Å². The molecule has 0 aliphatic carbocycles. The normalized spacial score (nSPS) is 10.4. The Bertz CT molecular complexity index is 599. The molecule has 0 spiro atoms. The molecule has 0 amide bonds. The number of nitro groups is 1. The van der Waals surface area contributed by atoms with Crippen LogP contribution in [-0.2, 0) is 13.1 Å². The second kappa shape index (κ2) is 5.61. The van der Waals surface area contributed by atoms with Gasteiger partial charge in [0, 0.05) is 12.6 Å². The lowest BCUT2D eigenvalue weighted by Crippen LogP contribution is -2.09. The number of nitrogens with zero attached hydrogens (tertiary/aromatic N) is 5. The molecule has 0 saturated heterocycles. The van der Waals surface area contributed by atoms with Crippen molar-refractivity contribution in [3.63, 3.8) is 0 Å². The van der Waals surface area contributed by atoms with Crippen molar-refractivity contribution < 1.29 is 4.92 Å². The monoisotopic (exact) mass is 282 g/mol. The van der Waals surface area contributed by atoms with Crippen LogP contribution in [0.1, 0.15) is 12.7 Å². The molecule has 0 atom stereocenters. The van der Waals surface area contributed by atoms with Crippen LogP contribution in [0.25, 0.3) is 0 Å². The highest BCUT2D eigenvalue weighted by Crippen LogP contribution is 2.24. The van der Waals surface area contributed by atoms with E-state index in [1.807, 2.05) is 11.5 Å². The van der Waals surface area contributed by atoms with Gasteiger partial charge in [-0.15, -0.1) is 10.2 Å². The first-order valence-electron chi connectivity index (χ1n) is 5.53. The highest BCUT2D eigenvalue weighted by atomic mass is 35.5. The van der Waals surface area contributed by atoms with Crippen molar-refractivity contribution >= 4 is 23.1 Å². The van der Waals surface area contributed by atoms with Crippen LogP contribution in [0.3, 0.4) is 0 Å². The van der Waals surface area contributed by atoms with E-state index in [-0.39, 0.29) is 23.2 Å². The fourth-order valence-corrected chi connectivity index (χ4v) is 1.70. The Morgan fingerprint density at radius 3 is 3.00 bits per heavy atom. The minimum absolute atomic E-state index is 0.114. The minimum Gasteiger partial charge on any atom is -0.357 e. The van der Waals surface area contributed by atoms with Gasteiger partial charge in [-0.1, -0.05) is 11.6 Å². The molecular formula is C10H11ClN6O2. The van der Waals surface area contributed by atoms with Crippen molar-refractivity contribution in [3.8, 4) is 0 Å². The largest absolute Gasteiger partial charge is 0.357 e. The molecule has 0 aliphatic rings. The van der Waals surface area contributed by atoms with Crippen LogP contribution in [-0.4, -0.2) is 24.7 Å². The Morgan fingerprint density at radius 2 is 2.32 bits per heavy atom. The van der Waals surface area contributed by atoms with Gasteiger partial charge in [-0.2, -0.15) is 0 Å². The fraction of sp³-hybridized carbons (Fsp3) is 0.300. The van der Waals surface area contributed by atoms with Gasteiger partial charge in [0.1, 0.15) is 11.5 Å². The van der Waals surface area contributed by atoms with Crippen molar-refractivity contribution in [2.45, 2.75) is 20.0 Å². The quantitative estimate of drug-likeness (QED) is 0.510. The van der Waals surface area contributed by atoms with Crippen molar-refractivity contribution in [2.75, 3.05) is 5.32 Å². The minimum atomic E-state index is -0.518. The van der Waals surface area contributed by atoms with Crippen molar-refractivity contribution in [1.29, 1.82) is 0 Å². The third-order valence-corrected chi connectivity index (χ3v) is 2.70. The highest BCUT2D eigenvalue weighted by Gasteiger charge is 2.16. The van der Waals surface area contributed by atoms with Gasteiger partial charge in [0.25, 0.3) is 0 Å². The zero-order chi connectivity index (χ0) is 13.8. The maximum Gasteiger partial charge on any atom is 0.311 e. The van der Waals surface area contributed by atoms with E-state index >= 15 is 0 Å². The average molecular weight is 283 g/mol. The second-order valence-corrected chi connectivity index (χ2v) is 4.03. The van der Waals surface area contributed by atoms with Gasteiger partial charge in [-0.3, -0.25) is 10.1 Å². The molecule has 1 N–H and O–H groups in total. The summed E-state index contributed by atoms with van der Waals surface area (Å²) in [6.07, 6.45) is 1.59. The van der Waals surface area contributed by atoms with Gasteiger partial charge in [0.15, 0.2) is 5.82 Å². The molecule has 0 saturated carbocycles. The molecule has 100 valence electrons. The van der Waals surface area contributed by atoms with Crippen molar-refractivity contribution in [1.82, 2.24) is 19.7 Å². The number of aryl methyl sites for hydroxylation is 1. The van der Waals surface area contributed by atoms with E-state index < -0.39 is 4.92 Å². The molecule has 0 bridgehead atoms. The first kappa shape index (κ1) is 13.2. The van der Waals surface area contributed by atoms with Crippen LogP contribution in [0.15, 0.2) is 18.5 Å². The third kappa shape index (κ3) is 2.97. The van der Waals surface area contributed by atoms with Gasteiger partial charge < -0.3 is 9.88 Å². The van der Waals surface area contributed by atoms with E-state index in [1.165, 1.54) is 12.1 Å². The molecule has 8 nitrogen and oxygen atoms in total. The Hall–Kier alpha value is -2.22. The molecule has 0 fully saturated rings. The molecule has 9 heteroatoms. The Balaban J connectivity index is 2.19. The summed E-state index contributed by atoms with van der Waals surface area (Å²) < 4.78 is 1.82. The maximum absolute atomic E-state index is 10.9. The Morgan fingerprint density at radius 1 is 1.53 bits per heavy atom. The molecule has 0 unspecified atom stereocenters. The number of rotatable bonds is 5. The number of hydrogen-bond acceptors (Lipinski definition) is 6. The van der Waals surface area contributed by atoms with E-state index in [0.29, 0.717) is 5.82 Å². The average Bonchev–Trinajstić information content (AvgIpc) is 2.83. The SMILES string of the molecule is CCn1cnnc1CNc1nc(Cl)ccc1[N+](=O)[O-]. The lowest BCUT2D eigenvalue weighted by atomic mass is 10.4. The van der Waals surface area contributed by atoms with E-state index in [1.54, 1.807) is 6.33 Å². The molecule has 0 aliphatic heterocycles. The van der Waals surface area contributed by atoms with Gasteiger partial charge in [0.05, 0.1) is 11.5 Å². The summed E-state index contributed by atoms with van der Waals surface area (Å²) in [4.78, 5) is 14.3.